The predicted molar refractivity (Wildman–Crippen MR) is 103 cm³/mol. The SMILES string of the molecule is CC(C)CCCC(=O)O.O=C(O)c1ccccc1.O=C(O)c1ccccc1. The van der Waals surface area contributed by atoms with Crippen molar-refractivity contribution in [1.29, 1.82) is 0 Å². The summed E-state index contributed by atoms with van der Waals surface area (Å²) >= 11 is 0. The molecular formula is C21H26O6. The van der Waals surface area contributed by atoms with Gasteiger partial charge in [0.05, 0.1) is 11.1 Å². The van der Waals surface area contributed by atoms with Crippen LogP contribution < -0.4 is 0 Å². The Morgan fingerprint density at radius 2 is 1.11 bits per heavy atom. The van der Waals surface area contributed by atoms with E-state index in [4.69, 9.17) is 15.3 Å². The lowest BCUT2D eigenvalue weighted by atomic mass is 10.1. The second kappa shape index (κ2) is 14.1. The second-order valence-electron chi connectivity index (χ2n) is 6.02. The molecule has 6 nitrogen and oxygen atoms in total. The average molecular weight is 374 g/mol. The zero-order valence-electron chi connectivity index (χ0n) is 15.5. The van der Waals surface area contributed by atoms with Crippen molar-refractivity contribution < 1.29 is 29.7 Å². The van der Waals surface area contributed by atoms with Gasteiger partial charge in [0.15, 0.2) is 0 Å². The van der Waals surface area contributed by atoms with Crippen LogP contribution in [0.1, 0.15) is 53.8 Å². The van der Waals surface area contributed by atoms with Gasteiger partial charge in [-0.2, -0.15) is 0 Å². The maximum absolute atomic E-state index is 10.2. The summed E-state index contributed by atoms with van der Waals surface area (Å²) in [6.07, 6.45) is 2.15. The van der Waals surface area contributed by atoms with E-state index in [9.17, 15) is 14.4 Å². The molecule has 146 valence electrons. The first-order chi connectivity index (χ1) is 12.7. The maximum Gasteiger partial charge on any atom is 0.335 e. The highest BCUT2D eigenvalue weighted by molar-refractivity contribution is 5.87. The standard InChI is InChI=1S/2C7H6O2.C7H14O2/c2*8-7(9)6-4-2-1-3-5-6;1-6(2)4-3-5-7(8)9/h2*1-5H,(H,8,9);6H,3-5H2,1-2H3,(H,8,9). The van der Waals surface area contributed by atoms with Crippen molar-refractivity contribution in [1.82, 2.24) is 0 Å². The van der Waals surface area contributed by atoms with Crippen molar-refractivity contribution in [3.8, 4) is 0 Å². The summed E-state index contributed by atoms with van der Waals surface area (Å²) in [4.78, 5) is 30.4. The molecule has 27 heavy (non-hydrogen) atoms. The minimum Gasteiger partial charge on any atom is -0.481 e. The number of rotatable bonds is 6. The van der Waals surface area contributed by atoms with Gasteiger partial charge in [-0.05, 0) is 36.6 Å². The van der Waals surface area contributed by atoms with E-state index in [1.54, 1.807) is 60.7 Å². The number of carboxylic acids is 3. The number of carboxylic acid groups (broad SMARTS) is 3. The van der Waals surface area contributed by atoms with Gasteiger partial charge >= 0.3 is 17.9 Å². The summed E-state index contributed by atoms with van der Waals surface area (Å²) in [7, 11) is 0. The summed E-state index contributed by atoms with van der Waals surface area (Å²) in [5, 5.41) is 25.0. The fourth-order valence-corrected chi connectivity index (χ4v) is 1.82. The van der Waals surface area contributed by atoms with Crippen molar-refractivity contribution in [3.63, 3.8) is 0 Å². The monoisotopic (exact) mass is 374 g/mol. The van der Waals surface area contributed by atoms with Crippen LogP contribution in [0.15, 0.2) is 60.7 Å². The molecule has 0 aliphatic heterocycles. The van der Waals surface area contributed by atoms with Crippen LogP contribution in [0.3, 0.4) is 0 Å². The van der Waals surface area contributed by atoms with Crippen molar-refractivity contribution in [2.45, 2.75) is 33.1 Å². The van der Waals surface area contributed by atoms with Crippen LogP contribution in [0.5, 0.6) is 0 Å². The van der Waals surface area contributed by atoms with Crippen LogP contribution in [0.4, 0.5) is 0 Å². The Morgan fingerprint density at radius 3 is 1.33 bits per heavy atom. The minimum absolute atomic E-state index is 0.318. The summed E-state index contributed by atoms with van der Waals surface area (Å²) in [5.74, 6) is -1.81. The van der Waals surface area contributed by atoms with Gasteiger partial charge in [0.2, 0.25) is 0 Å². The molecule has 2 aromatic carbocycles. The Hall–Kier alpha value is -3.15. The molecule has 0 fully saturated rings. The van der Waals surface area contributed by atoms with E-state index in [1.165, 1.54) is 0 Å². The first-order valence-electron chi connectivity index (χ1n) is 8.52. The quantitative estimate of drug-likeness (QED) is 0.677. The maximum atomic E-state index is 10.2. The summed E-state index contributed by atoms with van der Waals surface area (Å²) in [6, 6.07) is 16.6. The van der Waals surface area contributed by atoms with Gasteiger partial charge < -0.3 is 15.3 Å². The van der Waals surface area contributed by atoms with Crippen LogP contribution in [0.2, 0.25) is 0 Å². The molecule has 0 saturated carbocycles. The molecule has 6 heteroatoms. The molecule has 2 aromatic rings. The lowest BCUT2D eigenvalue weighted by molar-refractivity contribution is -0.137. The van der Waals surface area contributed by atoms with Gasteiger partial charge in [0, 0.05) is 6.42 Å². The topological polar surface area (TPSA) is 112 Å². The van der Waals surface area contributed by atoms with Crippen molar-refractivity contribution in [2.75, 3.05) is 0 Å². The van der Waals surface area contributed by atoms with Gasteiger partial charge in [-0.1, -0.05) is 56.7 Å². The third kappa shape index (κ3) is 13.8. The number of benzene rings is 2. The molecule has 0 radical (unpaired) electrons. The van der Waals surface area contributed by atoms with Gasteiger partial charge in [0.1, 0.15) is 0 Å². The Labute approximate surface area is 159 Å². The van der Waals surface area contributed by atoms with E-state index in [1.807, 2.05) is 0 Å². The molecule has 0 bridgehead atoms. The second-order valence-corrected chi connectivity index (χ2v) is 6.02. The minimum atomic E-state index is -0.879. The molecule has 0 amide bonds. The van der Waals surface area contributed by atoms with Gasteiger partial charge in [-0.15, -0.1) is 0 Å². The molecule has 0 atom stereocenters. The van der Waals surface area contributed by atoms with Gasteiger partial charge in [-0.3, -0.25) is 4.79 Å². The molecule has 0 saturated heterocycles. The van der Waals surface area contributed by atoms with Gasteiger partial charge in [-0.25, -0.2) is 9.59 Å². The first-order valence-corrected chi connectivity index (χ1v) is 8.52. The Morgan fingerprint density at radius 1 is 0.741 bits per heavy atom. The van der Waals surface area contributed by atoms with Crippen molar-refractivity contribution in [3.05, 3.63) is 71.8 Å². The molecule has 0 heterocycles. The molecule has 2 rings (SSSR count). The Kier molecular flexibility index (Phi) is 12.4. The van der Waals surface area contributed by atoms with Crippen LogP contribution in [-0.2, 0) is 4.79 Å². The van der Waals surface area contributed by atoms with E-state index in [2.05, 4.69) is 13.8 Å². The van der Waals surface area contributed by atoms with Crippen molar-refractivity contribution >= 4 is 17.9 Å². The van der Waals surface area contributed by atoms with E-state index in [-0.39, 0.29) is 0 Å². The van der Waals surface area contributed by atoms with Crippen LogP contribution in [0.25, 0.3) is 0 Å². The number of hydrogen-bond acceptors (Lipinski definition) is 3. The highest BCUT2D eigenvalue weighted by Gasteiger charge is 1.98. The predicted octanol–water partition coefficient (Wildman–Crippen LogP) is 4.67. The average Bonchev–Trinajstić information content (AvgIpc) is 2.63. The molecule has 0 aromatic heterocycles. The normalized spacial score (nSPS) is 9.30. The number of hydrogen-bond donors (Lipinski definition) is 3. The summed E-state index contributed by atoms with van der Waals surface area (Å²) < 4.78 is 0. The lowest BCUT2D eigenvalue weighted by Crippen LogP contribution is -1.95. The zero-order chi connectivity index (χ0) is 20.7. The molecule has 0 spiro atoms. The smallest absolute Gasteiger partial charge is 0.335 e. The largest absolute Gasteiger partial charge is 0.481 e. The third-order valence-electron chi connectivity index (χ3n) is 3.21. The summed E-state index contributed by atoms with van der Waals surface area (Å²) in [6.45, 7) is 4.20. The van der Waals surface area contributed by atoms with Crippen LogP contribution >= 0.6 is 0 Å². The zero-order valence-corrected chi connectivity index (χ0v) is 15.5. The van der Waals surface area contributed by atoms with Crippen LogP contribution in [-0.4, -0.2) is 33.2 Å². The number of aromatic carboxylic acids is 2. The summed E-state index contributed by atoms with van der Waals surface area (Å²) in [5.41, 5.74) is 0.662. The molecule has 3 N–H and O–H groups in total. The first kappa shape index (κ1) is 23.9. The van der Waals surface area contributed by atoms with E-state index in [0.717, 1.165) is 12.8 Å². The number of carbonyl (C=O) groups is 3. The van der Waals surface area contributed by atoms with Crippen LogP contribution in [0, 0.1) is 5.92 Å². The third-order valence-corrected chi connectivity index (χ3v) is 3.21. The Bertz CT molecular complexity index is 631. The lowest BCUT2D eigenvalue weighted by Gasteiger charge is -1.99. The fraction of sp³-hybridized carbons (Fsp3) is 0.286. The highest BCUT2D eigenvalue weighted by Crippen LogP contribution is 2.05. The number of aliphatic carboxylic acids is 1. The van der Waals surface area contributed by atoms with E-state index in [0.29, 0.717) is 23.5 Å². The Balaban J connectivity index is 0.000000376. The molecule has 0 aliphatic carbocycles. The van der Waals surface area contributed by atoms with E-state index < -0.39 is 17.9 Å². The van der Waals surface area contributed by atoms with Gasteiger partial charge in [0.25, 0.3) is 0 Å². The molecule has 0 unspecified atom stereocenters. The molecule has 0 aliphatic rings. The van der Waals surface area contributed by atoms with E-state index >= 15 is 0 Å². The van der Waals surface area contributed by atoms with Crippen molar-refractivity contribution in [2.24, 2.45) is 5.92 Å². The highest BCUT2D eigenvalue weighted by atomic mass is 16.4. The fourth-order valence-electron chi connectivity index (χ4n) is 1.82. The molecular weight excluding hydrogens is 348 g/mol.